The van der Waals surface area contributed by atoms with Crippen LogP contribution in [0.1, 0.15) is 42.5 Å². The van der Waals surface area contributed by atoms with E-state index in [2.05, 4.69) is 10.2 Å². The van der Waals surface area contributed by atoms with E-state index in [0.29, 0.717) is 25.1 Å². The van der Waals surface area contributed by atoms with Crippen molar-refractivity contribution in [3.63, 3.8) is 0 Å². The van der Waals surface area contributed by atoms with Gasteiger partial charge in [0.15, 0.2) is 0 Å². The van der Waals surface area contributed by atoms with Gasteiger partial charge in [-0.3, -0.25) is 4.79 Å². The number of aromatic nitrogens is 2. The van der Waals surface area contributed by atoms with Crippen molar-refractivity contribution in [2.45, 2.75) is 39.7 Å². The number of β-amino-alcohol motifs (C(OH)–C–C–N with tert-alkyl or cyclic N) is 1. The molecule has 19 heavy (non-hydrogen) atoms. The highest BCUT2D eigenvalue weighted by atomic mass is 16.3. The fourth-order valence-corrected chi connectivity index (χ4v) is 2.25. The number of carbonyl (C=O) groups excluding carboxylic acids is 1. The molecule has 0 atom stereocenters. The smallest absolute Gasteiger partial charge is 0.256 e. The Balaban J connectivity index is 2.16. The van der Waals surface area contributed by atoms with E-state index < -0.39 is 5.60 Å². The first-order valence-electron chi connectivity index (χ1n) is 6.72. The zero-order valence-electron chi connectivity index (χ0n) is 12.0. The molecule has 0 unspecified atom stereocenters. The predicted octanol–water partition coefficient (Wildman–Crippen LogP) is 1.19. The molecule has 1 fully saturated rings. The van der Waals surface area contributed by atoms with Gasteiger partial charge >= 0.3 is 0 Å². The molecule has 1 aliphatic heterocycles. The average molecular weight is 263 g/mol. The lowest BCUT2D eigenvalue weighted by Crippen LogP contribution is -2.66. The molecule has 1 aliphatic rings. The van der Waals surface area contributed by atoms with Gasteiger partial charge in [-0.25, -0.2) is 0 Å². The van der Waals surface area contributed by atoms with Crippen LogP contribution in [0.4, 0.5) is 0 Å². The Bertz CT molecular complexity index is 493. The molecular formula is C14H21N3O2. The topological polar surface area (TPSA) is 66.3 Å². The Hall–Kier alpha value is -1.49. The largest absolute Gasteiger partial charge is 0.386 e. The van der Waals surface area contributed by atoms with E-state index in [-0.39, 0.29) is 11.8 Å². The van der Waals surface area contributed by atoms with E-state index in [1.54, 1.807) is 11.0 Å². The molecule has 0 saturated carbocycles. The number of hydrogen-bond donors (Lipinski definition) is 1. The summed E-state index contributed by atoms with van der Waals surface area (Å²) in [6.45, 7) is 8.51. The highest BCUT2D eigenvalue weighted by Gasteiger charge is 2.46. The first kappa shape index (κ1) is 13.9. The Kier molecular flexibility index (Phi) is 3.58. The minimum Gasteiger partial charge on any atom is -0.386 e. The summed E-state index contributed by atoms with van der Waals surface area (Å²) in [4.78, 5) is 14.1. The average Bonchev–Trinajstić information content (AvgIpc) is 2.33. The quantitative estimate of drug-likeness (QED) is 0.889. The van der Waals surface area contributed by atoms with Gasteiger partial charge in [-0.05, 0) is 25.3 Å². The number of carbonyl (C=O) groups is 1. The maximum Gasteiger partial charge on any atom is 0.256 e. The summed E-state index contributed by atoms with van der Waals surface area (Å²) in [7, 11) is 0. The molecule has 0 spiro atoms. The summed E-state index contributed by atoms with van der Waals surface area (Å²) in [5, 5.41) is 18.3. The van der Waals surface area contributed by atoms with Crippen LogP contribution in [0.25, 0.3) is 0 Å². The van der Waals surface area contributed by atoms with Gasteiger partial charge in [-0.15, -0.1) is 0 Å². The van der Waals surface area contributed by atoms with E-state index >= 15 is 0 Å². The molecule has 1 saturated heterocycles. The minimum absolute atomic E-state index is 0.0554. The van der Waals surface area contributed by atoms with Crippen LogP contribution in [0, 0.1) is 12.8 Å². The Morgan fingerprint density at radius 2 is 2.11 bits per heavy atom. The number of aliphatic hydroxyl groups is 1. The number of hydrogen-bond acceptors (Lipinski definition) is 4. The molecule has 0 radical (unpaired) electrons. The van der Waals surface area contributed by atoms with E-state index in [4.69, 9.17) is 0 Å². The van der Waals surface area contributed by atoms with Gasteiger partial charge < -0.3 is 10.0 Å². The summed E-state index contributed by atoms with van der Waals surface area (Å²) in [6.07, 6.45) is 0.677. The van der Waals surface area contributed by atoms with Crippen molar-refractivity contribution in [2.24, 2.45) is 5.92 Å². The van der Waals surface area contributed by atoms with Crippen molar-refractivity contribution in [3.05, 3.63) is 23.0 Å². The molecule has 2 heterocycles. The zero-order chi connectivity index (χ0) is 14.2. The van der Waals surface area contributed by atoms with Crippen LogP contribution in [0.3, 0.4) is 0 Å². The van der Waals surface area contributed by atoms with Gasteiger partial charge in [0, 0.05) is 0 Å². The van der Waals surface area contributed by atoms with Gasteiger partial charge in [0.1, 0.15) is 5.60 Å². The summed E-state index contributed by atoms with van der Waals surface area (Å²) in [5.74, 6) is 0.0969. The Labute approximate surface area is 113 Å². The summed E-state index contributed by atoms with van der Waals surface area (Å²) >= 11 is 0. The second-order valence-electron chi connectivity index (χ2n) is 5.62. The number of rotatable bonds is 3. The van der Waals surface area contributed by atoms with Crippen molar-refractivity contribution < 1.29 is 9.90 Å². The molecule has 1 aromatic heterocycles. The van der Waals surface area contributed by atoms with Gasteiger partial charge in [0.25, 0.3) is 5.91 Å². The zero-order valence-corrected chi connectivity index (χ0v) is 12.0. The van der Waals surface area contributed by atoms with Gasteiger partial charge in [0.05, 0.1) is 30.0 Å². The highest BCUT2D eigenvalue weighted by Crippen LogP contribution is 2.30. The summed E-state index contributed by atoms with van der Waals surface area (Å²) < 4.78 is 0. The van der Waals surface area contributed by atoms with Crippen LogP contribution >= 0.6 is 0 Å². The van der Waals surface area contributed by atoms with Crippen molar-refractivity contribution >= 4 is 5.91 Å². The summed E-state index contributed by atoms with van der Waals surface area (Å²) in [6, 6.07) is 1.78. The molecule has 0 aromatic carbocycles. The second-order valence-corrected chi connectivity index (χ2v) is 5.62. The normalized spacial score (nSPS) is 17.5. The van der Waals surface area contributed by atoms with Gasteiger partial charge in [-0.2, -0.15) is 10.2 Å². The van der Waals surface area contributed by atoms with Crippen LogP contribution < -0.4 is 0 Å². The van der Waals surface area contributed by atoms with Crippen LogP contribution in [-0.2, 0) is 6.42 Å². The number of aryl methyl sites for hydroxylation is 2. The third kappa shape index (κ3) is 2.47. The Morgan fingerprint density at radius 1 is 1.47 bits per heavy atom. The number of nitrogens with zero attached hydrogens (tertiary/aromatic N) is 3. The number of amides is 1. The summed E-state index contributed by atoms with van der Waals surface area (Å²) in [5.41, 5.74) is 1.33. The van der Waals surface area contributed by atoms with E-state index in [0.717, 1.165) is 11.4 Å². The number of likely N-dealkylation sites (tertiary alicyclic amines) is 1. The molecular weight excluding hydrogens is 242 g/mol. The van der Waals surface area contributed by atoms with Crippen molar-refractivity contribution in [3.8, 4) is 0 Å². The van der Waals surface area contributed by atoms with E-state index in [1.807, 2.05) is 27.7 Å². The van der Waals surface area contributed by atoms with Gasteiger partial charge in [0.2, 0.25) is 0 Å². The lowest BCUT2D eigenvalue weighted by atomic mass is 9.82. The maximum atomic E-state index is 12.4. The van der Waals surface area contributed by atoms with E-state index in [9.17, 15) is 9.90 Å². The third-order valence-corrected chi connectivity index (χ3v) is 3.85. The van der Waals surface area contributed by atoms with Crippen LogP contribution in [0.2, 0.25) is 0 Å². The molecule has 1 aromatic rings. The first-order valence-corrected chi connectivity index (χ1v) is 6.72. The molecule has 0 bridgehead atoms. The minimum atomic E-state index is -0.739. The van der Waals surface area contributed by atoms with Crippen LogP contribution in [0.5, 0.6) is 0 Å². The van der Waals surface area contributed by atoms with Crippen molar-refractivity contribution in [2.75, 3.05) is 13.1 Å². The molecule has 2 rings (SSSR count). The molecule has 1 amide bonds. The third-order valence-electron chi connectivity index (χ3n) is 3.85. The fraction of sp³-hybridized carbons (Fsp3) is 0.643. The lowest BCUT2D eigenvalue weighted by molar-refractivity contribution is -0.110. The molecule has 0 aliphatic carbocycles. The first-order chi connectivity index (χ1) is 8.87. The second kappa shape index (κ2) is 4.89. The molecule has 5 nitrogen and oxygen atoms in total. The highest BCUT2D eigenvalue weighted by molar-refractivity contribution is 5.96. The van der Waals surface area contributed by atoms with E-state index in [1.165, 1.54) is 0 Å². The molecule has 5 heteroatoms. The lowest BCUT2D eigenvalue weighted by Gasteiger charge is -2.49. The van der Waals surface area contributed by atoms with Crippen molar-refractivity contribution in [1.29, 1.82) is 0 Å². The van der Waals surface area contributed by atoms with Crippen LogP contribution in [0.15, 0.2) is 6.07 Å². The maximum absolute atomic E-state index is 12.4. The fourth-order valence-electron chi connectivity index (χ4n) is 2.25. The monoisotopic (exact) mass is 263 g/mol. The predicted molar refractivity (Wildman–Crippen MR) is 71.8 cm³/mol. The SMILES string of the molecule is CCc1nnc(C)cc1C(=O)N1CC(O)(C(C)C)C1. The van der Waals surface area contributed by atoms with Crippen LogP contribution in [-0.4, -0.2) is 44.8 Å². The molecule has 104 valence electrons. The standard InChI is InChI=1S/C14H21N3O2/c1-5-12-11(6-10(4)15-16-12)13(18)17-7-14(19,8-17)9(2)3/h6,9,19H,5,7-8H2,1-4H3. The Morgan fingerprint density at radius 3 is 2.63 bits per heavy atom. The van der Waals surface area contributed by atoms with Crippen molar-refractivity contribution in [1.82, 2.24) is 15.1 Å². The molecule has 1 N–H and O–H groups in total. The van der Waals surface area contributed by atoms with Gasteiger partial charge in [-0.1, -0.05) is 20.8 Å².